The zero-order chi connectivity index (χ0) is 19.2. The summed E-state index contributed by atoms with van der Waals surface area (Å²) in [6.45, 7) is 2.47. The standard InChI is InChI=1S/C21H21NO5/c1-4-26-21(23)16-9-15-10-19(25-3)20(11-18(15)22-12-16)27-13-14-5-7-17(24-2)8-6-14/h5-12H,4,13H2,1-3H3. The number of carbonyl (C=O) groups is 1. The Morgan fingerprint density at radius 2 is 1.78 bits per heavy atom. The van der Waals surface area contributed by atoms with Gasteiger partial charge in [-0.25, -0.2) is 4.79 Å². The fourth-order valence-electron chi connectivity index (χ4n) is 2.62. The molecule has 27 heavy (non-hydrogen) atoms. The van der Waals surface area contributed by atoms with Crippen molar-refractivity contribution in [2.75, 3.05) is 20.8 Å². The minimum atomic E-state index is -0.398. The van der Waals surface area contributed by atoms with Gasteiger partial charge in [-0.05, 0) is 36.8 Å². The predicted octanol–water partition coefficient (Wildman–Crippen LogP) is 4.01. The molecule has 0 bridgehead atoms. The molecule has 0 amide bonds. The van der Waals surface area contributed by atoms with Crippen LogP contribution in [-0.2, 0) is 11.3 Å². The molecule has 0 aliphatic carbocycles. The fourth-order valence-corrected chi connectivity index (χ4v) is 2.62. The van der Waals surface area contributed by atoms with E-state index in [9.17, 15) is 4.79 Å². The second-order valence-electron chi connectivity index (χ2n) is 5.78. The zero-order valence-corrected chi connectivity index (χ0v) is 15.5. The Labute approximate surface area is 157 Å². The summed E-state index contributed by atoms with van der Waals surface area (Å²) in [6.07, 6.45) is 1.50. The van der Waals surface area contributed by atoms with Crippen molar-refractivity contribution in [1.29, 1.82) is 0 Å². The Kier molecular flexibility index (Phi) is 5.76. The summed E-state index contributed by atoms with van der Waals surface area (Å²) in [5, 5.41) is 0.772. The number of aromatic nitrogens is 1. The number of rotatable bonds is 7. The largest absolute Gasteiger partial charge is 0.497 e. The van der Waals surface area contributed by atoms with E-state index in [1.807, 2.05) is 24.3 Å². The highest BCUT2D eigenvalue weighted by Crippen LogP contribution is 2.32. The van der Waals surface area contributed by atoms with E-state index < -0.39 is 5.97 Å². The lowest BCUT2D eigenvalue weighted by Crippen LogP contribution is -2.05. The lowest BCUT2D eigenvalue weighted by Gasteiger charge is -2.12. The van der Waals surface area contributed by atoms with Gasteiger partial charge in [0.1, 0.15) is 12.4 Å². The van der Waals surface area contributed by atoms with Crippen LogP contribution in [0.2, 0.25) is 0 Å². The van der Waals surface area contributed by atoms with Crippen molar-refractivity contribution >= 4 is 16.9 Å². The Morgan fingerprint density at radius 1 is 1.00 bits per heavy atom. The molecule has 1 aromatic heterocycles. The van der Waals surface area contributed by atoms with Crippen molar-refractivity contribution in [2.45, 2.75) is 13.5 Å². The number of nitrogens with zero attached hydrogens (tertiary/aromatic N) is 1. The molecular weight excluding hydrogens is 346 g/mol. The van der Waals surface area contributed by atoms with Gasteiger partial charge in [0, 0.05) is 17.6 Å². The van der Waals surface area contributed by atoms with Crippen molar-refractivity contribution < 1.29 is 23.7 Å². The molecule has 0 saturated heterocycles. The molecule has 0 spiro atoms. The molecule has 0 N–H and O–H groups in total. The number of fused-ring (bicyclic) bond motifs is 1. The predicted molar refractivity (Wildman–Crippen MR) is 102 cm³/mol. The average Bonchev–Trinajstić information content (AvgIpc) is 2.71. The van der Waals surface area contributed by atoms with E-state index in [1.54, 1.807) is 39.3 Å². The van der Waals surface area contributed by atoms with Gasteiger partial charge in [-0.3, -0.25) is 4.98 Å². The number of hydrogen-bond acceptors (Lipinski definition) is 6. The number of methoxy groups -OCH3 is 2. The third-order valence-electron chi connectivity index (χ3n) is 4.03. The van der Waals surface area contributed by atoms with Crippen molar-refractivity contribution in [3.05, 3.63) is 59.8 Å². The molecule has 6 heteroatoms. The molecule has 1 heterocycles. The van der Waals surface area contributed by atoms with Gasteiger partial charge in [-0.1, -0.05) is 12.1 Å². The monoisotopic (exact) mass is 367 g/mol. The summed E-state index contributed by atoms with van der Waals surface area (Å²) in [7, 11) is 3.20. The van der Waals surface area contributed by atoms with Crippen molar-refractivity contribution in [1.82, 2.24) is 4.98 Å². The first-order valence-corrected chi connectivity index (χ1v) is 8.55. The summed E-state index contributed by atoms with van der Waals surface area (Å²) in [5.41, 5.74) is 2.11. The Balaban J connectivity index is 1.84. The van der Waals surface area contributed by atoms with Gasteiger partial charge in [0.05, 0.1) is 31.9 Å². The third kappa shape index (κ3) is 4.28. The first kappa shape index (κ1) is 18.5. The number of esters is 1. The van der Waals surface area contributed by atoms with Crippen molar-refractivity contribution in [3.8, 4) is 17.2 Å². The maximum absolute atomic E-state index is 11.9. The van der Waals surface area contributed by atoms with Gasteiger partial charge in [0.15, 0.2) is 11.5 Å². The Bertz CT molecular complexity index is 937. The van der Waals surface area contributed by atoms with Crippen LogP contribution in [0.1, 0.15) is 22.8 Å². The van der Waals surface area contributed by atoms with Crippen LogP contribution in [-0.4, -0.2) is 31.8 Å². The normalized spacial score (nSPS) is 10.5. The third-order valence-corrected chi connectivity index (χ3v) is 4.03. The summed E-state index contributed by atoms with van der Waals surface area (Å²) < 4.78 is 21.5. The van der Waals surface area contributed by atoms with E-state index in [0.717, 1.165) is 16.7 Å². The first-order chi connectivity index (χ1) is 13.1. The second-order valence-corrected chi connectivity index (χ2v) is 5.78. The van der Waals surface area contributed by atoms with E-state index in [1.165, 1.54) is 6.20 Å². The first-order valence-electron chi connectivity index (χ1n) is 8.55. The minimum Gasteiger partial charge on any atom is -0.497 e. The Morgan fingerprint density at radius 3 is 2.44 bits per heavy atom. The zero-order valence-electron chi connectivity index (χ0n) is 15.5. The highest BCUT2D eigenvalue weighted by Gasteiger charge is 2.12. The molecule has 3 aromatic rings. The highest BCUT2D eigenvalue weighted by molar-refractivity contribution is 5.94. The molecule has 0 fully saturated rings. The Hall–Kier alpha value is -3.28. The number of hydrogen-bond donors (Lipinski definition) is 0. The second kappa shape index (κ2) is 8.40. The van der Waals surface area contributed by atoms with Gasteiger partial charge in [0.2, 0.25) is 0 Å². The molecule has 0 saturated carbocycles. The average molecular weight is 367 g/mol. The van der Waals surface area contributed by atoms with Gasteiger partial charge in [-0.15, -0.1) is 0 Å². The van der Waals surface area contributed by atoms with Gasteiger partial charge in [-0.2, -0.15) is 0 Å². The van der Waals surface area contributed by atoms with E-state index in [2.05, 4.69) is 4.98 Å². The van der Waals surface area contributed by atoms with Crippen LogP contribution in [0.4, 0.5) is 0 Å². The highest BCUT2D eigenvalue weighted by atomic mass is 16.5. The molecule has 0 aliphatic heterocycles. The molecule has 6 nitrogen and oxygen atoms in total. The van der Waals surface area contributed by atoms with Gasteiger partial charge < -0.3 is 18.9 Å². The van der Waals surface area contributed by atoms with Crippen LogP contribution >= 0.6 is 0 Å². The van der Waals surface area contributed by atoms with E-state index in [4.69, 9.17) is 18.9 Å². The molecule has 0 radical (unpaired) electrons. The lowest BCUT2D eigenvalue weighted by atomic mass is 10.1. The molecule has 0 unspecified atom stereocenters. The summed E-state index contributed by atoms with van der Waals surface area (Å²) in [6, 6.07) is 13.0. The van der Waals surface area contributed by atoms with Crippen LogP contribution in [0.15, 0.2) is 48.7 Å². The summed E-state index contributed by atoms with van der Waals surface area (Å²) in [4.78, 5) is 16.2. The topological polar surface area (TPSA) is 66.9 Å². The maximum atomic E-state index is 11.9. The van der Waals surface area contributed by atoms with Gasteiger partial charge in [0.25, 0.3) is 0 Å². The van der Waals surface area contributed by atoms with Crippen LogP contribution in [0.5, 0.6) is 17.2 Å². The van der Waals surface area contributed by atoms with E-state index in [0.29, 0.717) is 35.8 Å². The number of pyridine rings is 1. The molecular formula is C21H21NO5. The molecule has 2 aromatic carbocycles. The van der Waals surface area contributed by atoms with Crippen LogP contribution in [0.25, 0.3) is 10.9 Å². The quantitative estimate of drug-likeness (QED) is 0.588. The van der Waals surface area contributed by atoms with Crippen molar-refractivity contribution in [3.63, 3.8) is 0 Å². The minimum absolute atomic E-state index is 0.318. The summed E-state index contributed by atoms with van der Waals surface area (Å²) >= 11 is 0. The molecule has 0 atom stereocenters. The fraction of sp³-hybridized carbons (Fsp3) is 0.238. The van der Waals surface area contributed by atoms with E-state index in [-0.39, 0.29) is 0 Å². The van der Waals surface area contributed by atoms with Crippen molar-refractivity contribution in [2.24, 2.45) is 0 Å². The summed E-state index contributed by atoms with van der Waals surface area (Å²) in [5.74, 6) is 1.55. The van der Waals surface area contributed by atoms with Gasteiger partial charge >= 0.3 is 5.97 Å². The smallest absolute Gasteiger partial charge is 0.339 e. The van der Waals surface area contributed by atoms with E-state index >= 15 is 0 Å². The van der Waals surface area contributed by atoms with Crippen LogP contribution in [0.3, 0.4) is 0 Å². The molecule has 0 aliphatic rings. The molecule has 3 rings (SSSR count). The SMILES string of the molecule is CCOC(=O)c1cnc2cc(OCc3ccc(OC)cc3)c(OC)cc2c1. The number of carbonyl (C=O) groups excluding carboxylic acids is 1. The number of benzene rings is 2. The lowest BCUT2D eigenvalue weighted by molar-refractivity contribution is 0.0526. The molecule has 140 valence electrons. The number of ether oxygens (including phenoxy) is 4. The van der Waals surface area contributed by atoms with Crippen LogP contribution in [0, 0.1) is 0 Å². The maximum Gasteiger partial charge on any atom is 0.339 e. The van der Waals surface area contributed by atoms with Crippen LogP contribution < -0.4 is 14.2 Å².